The molecule has 9 nitrogen and oxygen atoms in total. The van der Waals surface area contributed by atoms with E-state index in [0.29, 0.717) is 11.4 Å². The molecule has 0 amide bonds. The van der Waals surface area contributed by atoms with Gasteiger partial charge in [0.1, 0.15) is 17.3 Å². The van der Waals surface area contributed by atoms with Gasteiger partial charge in [-0.25, -0.2) is 9.37 Å². The third-order valence-corrected chi connectivity index (χ3v) is 3.72. The molecule has 10 heteroatoms. The van der Waals surface area contributed by atoms with E-state index in [-0.39, 0.29) is 30.1 Å². The molecule has 0 aliphatic carbocycles. The Balaban J connectivity index is 2.03. The topological polar surface area (TPSA) is 126 Å². The van der Waals surface area contributed by atoms with Gasteiger partial charge in [-0.1, -0.05) is 6.07 Å². The first-order valence-corrected chi connectivity index (χ1v) is 8.35. The summed E-state index contributed by atoms with van der Waals surface area (Å²) < 4.78 is 13.4. The highest BCUT2D eigenvalue weighted by Crippen LogP contribution is 2.29. The van der Waals surface area contributed by atoms with E-state index in [9.17, 15) is 19.6 Å². The van der Waals surface area contributed by atoms with Gasteiger partial charge in [0, 0.05) is 18.3 Å². The largest absolute Gasteiger partial charge is 0.394 e. The number of nitrogens with one attached hydrogen (secondary N) is 2. The van der Waals surface area contributed by atoms with E-state index in [1.807, 2.05) is 0 Å². The number of anilines is 3. The molecule has 28 heavy (non-hydrogen) atoms. The van der Waals surface area contributed by atoms with E-state index in [2.05, 4.69) is 25.6 Å². The summed E-state index contributed by atoms with van der Waals surface area (Å²) in [5, 5.41) is 26.2. The number of halogens is 1. The Morgan fingerprint density at radius 2 is 2.04 bits per heavy atom. The van der Waals surface area contributed by atoms with Crippen LogP contribution >= 0.6 is 0 Å². The van der Waals surface area contributed by atoms with Crippen molar-refractivity contribution in [1.82, 2.24) is 15.0 Å². The predicted molar refractivity (Wildman–Crippen MR) is 102 cm³/mol. The van der Waals surface area contributed by atoms with Crippen molar-refractivity contribution in [2.45, 2.75) is 13.0 Å². The molecule has 0 fully saturated rings. The van der Waals surface area contributed by atoms with Crippen molar-refractivity contribution in [2.75, 3.05) is 17.2 Å². The number of nitrogens with zero attached hydrogens (tertiary/aromatic N) is 4. The molecule has 0 aliphatic rings. The van der Waals surface area contributed by atoms with Gasteiger partial charge >= 0.3 is 0 Å². The molecule has 0 unspecified atom stereocenters. The van der Waals surface area contributed by atoms with Gasteiger partial charge < -0.3 is 15.7 Å². The molecule has 0 saturated heterocycles. The van der Waals surface area contributed by atoms with Gasteiger partial charge in [0.05, 0.1) is 29.0 Å². The summed E-state index contributed by atoms with van der Waals surface area (Å²) in [5.41, 5.74) is 0.700. The summed E-state index contributed by atoms with van der Waals surface area (Å²) in [6, 6.07) is 9.78. The Hall–Kier alpha value is -3.66. The number of aliphatic hydroxyl groups is 1. The fraction of sp³-hybridized carbons (Fsp3) is 0.167. The molecule has 2 heterocycles. The number of pyridine rings is 1. The van der Waals surface area contributed by atoms with Crippen LogP contribution in [0.4, 0.5) is 27.5 Å². The minimum atomic E-state index is -0.715. The van der Waals surface area contributed by atoms with Crippen molar-refractivity contribution in [1.29, 1.82) is 0 Å². The van der Waals surface area contributed by atoms with E-state index in [1.54, 1.807) is 37.4 Å². The fourth-order valence-corrected chi connectivity index (χ4v) is 2.39. The average molecular weight is 384 g/mol. The van der Waals surface area contributed by atoms with Crippen LogP contribution in [0, 0.1) is 15.9 Å². The summed E-state index contributed by atoms with van der Waals surface area (Å²) >= 11 is 0. The quantitative estimate of drug-likeness (QED) is 0.419. The normalized spacial score (nSPS) is 11.7. The standard InChI is InChI=1S/C18H17FN6O3/c1-11(10-26)21-18-23-15(13-4-2-3-7-20-13)9-17(24-18)22-14-6-5-12(19)8-16(14)25(27)28/h2-9,11,26H,10H2,1H3,(H2,21,22,23,24)/t11-/m1/s1. The van der Waals surface area contributed by atoms with Crippen LogP contribution in [0.15, 0.2) is 48.7 Å². The molecule has 3 N–H and O–H groups in total. The third kappa shape index (κ3) is 4.54. The van der Waals surface area contributed by atoms with Gasteiger partial charge in [0.2, 0.25) is 5.95 Å². The molecule has 3 aromatic rings. The monoisotopic (exact) mass is 384 g/mol. The molecule has 0 spiro atoms. The minimum Gasteiger partial charge on any atom is -0.394 e. The van der Waals surface area contributed by atoms with Crippen molar-refractivity contribution in [2.24, 2.45) is 0 Å². The summed E-state index contributed by atoms with van der Waals surface area (Å²) in [6.07, 6.45) is 1.61. The molecule has 0 bridgehead atoms. The highest BCUT2D eigenvalue weighted by molar-refractivity contribution is 5.70. The van der Waals surface area contributed by atoms with E-state index in [0.717, 1.165) is 12.1 Å². The number of nitro benzene ring substituents is 1. The Labute approximate surface area is 159 Å². The van der Waals surface area contributed by atoms with Crippen LogP contribution in [-0.4, -0.2) is 37.6 Å². The maximum Gasteiger partial charge on any atom is 0.295 e. The molecule has 2 aromatic heterocycles. The van der Waals surface area contributed by atoms with Crippen molar-refractivity contribution in [3.8, 4) is 11.4 Å². The van der Waals surface area contributed by atoms with Gasteiger partial charge in [-0.05, 0) is 31.2 Å². The van der Waals surface area contributed by atoms with Gasteiger partial charge in [0.15, 0.2) is 0 Å². The third-order valence-electron chi connectivity index (χ3n) is 3.72. The molecular formula is C18H17FN6O3. The van der Waals surface area contributed by atoms with Gasteiger partial charge in [-0.3, -0.25) is 15.1 Å². The number of nitro groups is 1. The molecule has 1 atom stereocenters. The zero-order valence-electron chi connectivity index (χ0n) is 14.8. The molecular weight excluding hydrogens is 367 g/mol. The van der Waals surface area contributed by atoms with Crippen LogP contribution in [-0.2, 0) is 0 Å². The second-order valence-corrected chi connectivity index (χ2v) is 5.95. The van der Waals surface area contributed by atoms with Crippen molar-refractivity contribution in [3.63, 3.8) is 0 Å². The van der Waals surface area contributed by atoms with E-state index >= 15 is 0 Å². The minimum absolute atomic E-state index is 0.0817. The zero-order valence-corrected chi connectivity index (χ0v) is 14.8. The van der Waals surface area contributed by atoms with Crippen LogP contribution in [0.5, 0.6) is 0 Å². The lowest BCUT2D eigenvalue weighted by Gasteiger charge is -2.14. The number of rotatable bonds is 7. The molecule has 1 aromatic carbocycles. The molecule has 0 aliphatic heterocycles. The fourth-order valence-electron chi connectivity index (χ4n) is 2.39. The molecule has 3 rings (SSSR count). The lowest BCUT2D eigenvalue weighted by molar-refractivity contribution is -0.384. The number of aromatic nitrogens is 3. The Kier molecular flexibility index (Phi) is 5.70. The van der Waals surface area contributed by atoms with Crippen LogP contribution in [0.1, 0.15) is 6.92 Å². The lowest BCUT2D eigenvalue weighted by atomic mass is 10.2. The van der Waals surface area contributed by atoms with E-state index in [4.69, 9.17) is 0 Å². The predicted octanol–water partition coefficient (Wildman–Crippen LogP) is 3.12. The highest BCUT2D eigenvalue weighted by atomic mass is 19.1. The van der Waals surface area contributed by atoms with Crippen LogP contribution < -0.4 is 10.6 Å². The Morgan fingerprint density at radius 1 is 1.21 bits per heavy atom. The number of aliphatic hydroxyl groups excluding tert-OH is 1. The van der Waals surface area contributed by atoms with Crippen LogP contribution in [0.25, 0.3) is 11.4 Å². The zero-order chi connectivity index (χ0) is 20.1. The second kappa shape index (κ2) is 8.35. The van der Waals surface area contributed by atoms with E-state index in [1.165, 1.54) is 6.07 Å². The molecule has 144 valence electrons. The van der Waals surface area contributed by atoms with E-state index < -0.39 is 16.4 Å². The summed E-state index contributed by atoms with van der Waals surface area (Å²) in [4.78, 5) is 23.4. The maximum atomic E-state index is 13.4. The highest BCUT2D eigenvalue weighted by Gasteiger charge is 2.17. The number of hydrogen-bond acceptors (Lipinski definition) is 8. The van der Waals surface area contributed by atoms with Crippen molar-refractivity contribution < 1.29 is 14.4 Å². The SMILES string of the molecule is C[C@H](CO)Nc1nc(Nc2ccc(F)cc2[N+](=O)[O-])cc(-c2ccccn2)n1. The van der Waals surface area contributed by atoms with Crippen molar-refractivity contribution >= 4 is 23.1 Å². The first-order chi connectivity index (χ1) is 13.5. The lowest BCUT2D eigenvalue weighted by Crippen LogP contribution is -2.21. The van der Waals surface area contributed by atoms with Gasteiger partial charge in [-0.2, -0.15) is 4.98 Å². The Morgan fingerprint density at radius 3 is 2.71 bits per heavy atom. The van der Waals surface area contributed by atoms with Gasteiger partial charge in [0.25, 0.3) is 5.69 Å². The first-order valence-electron chi connectivity index (χ1n) is 8.35. The molecule has 0 radical (unpaired) electrons. The first kappa shape index (κ1) is 19.1. The summed E-state index contributed by atoms with van der Waals surface area (Å²) in [5.74, 6) is -0.261. The van der Waals surface area contributed by atoms with Crippen molar-refractivity contribution in [3.05, 3.63) is 64.6 Å². The average Bonchev–Trinajstić information content (AvgIpc) is 2.69. The second-order valence-electron chi connectivity index (χ2n) is 5.95. The number of hydrogen-bond donors (Lipinski definition) is 3. The maximum absolute atomic E-state index is 13.4. The smallest absolute Gasteiger partial charge is 0.295 e. The number of benzene rings is 1. The summed E-state index contributed by atoms with van der Waals surface area (Å²) in [6.45, 7) is 1.61. The summed E-state index contributed by atoms with van der Waals surface area (Å²) in [7, 11) is 0. The van der Waals surface area contributed by atoms with Crippen LogP contribution in [0.2, 0.25) is 0 Å². The van der Waals surface area contributed by atoms with Crippen LogP contribution in [0.3, 0.4) is 0 Å². The molecule has 0 saturated carbocycles. The Bertz CT molecular complexity index is 986. The van der Waals surface area contributed by atoms with Gasteiger partial charge in [-0.15, -0.1) is 0 Å².